The monoisotopic (exact) mass is 231 g/mol. The first kappa shape index (κ1) is 14.8. The molecule has 0 saturated heterocycles. The fourth-order valence-corrected chi connectivity index (χ4v) is 2.37. The molecule has 90 valence electrons. The average molecular weight is 231 g/mol. The molecule has 0 saturated carbocycles. The van der Waals surface area contributed by atoms with Gasteiger partial charge in [-0.1, -0.05) is 26.1 Å². The summed E-state index contributed by atoms with van der Waals surface area (Å²) in [6.45, 7) is 8.55. The summed E-state index contributed by atoms with van der Waals surface area (Å²) in [4.78, 5) is 5.19. The van der Waals surface area contributed by atoms with Gasteiger partial charge < -0.3 is 10.6 Å². The fraction of sp³-hybridized carbons (Fsp3) is 0.909. The smallest absolute Gasteiger partial charge is 0.0902 e. The van der Waals surface area contributed by atoms with E-state index in [-0.39, 0.29) is 6.04 Å². The summed E-state index contributed by atoms with van der Waals surface area (Å²) in [6, 6.07) is 0.719. The molecule has 0 aromatic carbocycles. The Morgan fingerprint density at radius 2 is 1.87 bits per heavy atom. The van der Waals surface area contributed by atoms with E-state index in [9.17, 15) is 0 Å². The lowest BCUT2D eigenvalue weighted by Crippen LogP contribution is -2.50. The van der Waals surface area contributed by atoms with Crippen molar-refractivity contribution in [2.24, 2.45) is 5.73 Å². The highest BCUT2D eigenvalue weighted by Crippen LogP contribution is 2.10. The molecule has 0 aromatic rings. The van der Waals surface area contributed by atoms with Gasteiger partial charge in [0.25, 0.3) is 0 Å². The lowest BCUT2D eigenvalue weighted by molar-refractivity contribution is 0.157. The normalized spacial score (nSPS) is 15.7. The first-order valence-electron chi connectivity index (χ1n) is 5.63. The molecule has 0 radical (unpaired) electrons. The van der Waals surface area contributed by atoms with Crippen molar-refractivity contribution in [3.63, 3.8) is 0 Å². The largest absolute Gasteiger partial charge is 0.392 e. The van der Waals surface area contributed by atoms with Crippen molar-refractivity contribution >= 4 is 17.2 Å². The molecule has 0 heterocycles. The van der Waals surface area contributed by atoms with Crippen LogP contribution in [0.3, 0.4) is 0 Å². The van der Waals surface area contributed by atoms with Crippen molar-refractivity contribution < 1.29 is 0 Å². The third-order valence-electron chi connectivity index (χ3n) is 2.68. The van der Waals surface area contributed by atoms with Crippen molar-refractivity contribution in [1.29, 1.82) is 0 Å². The Hall–Kier alpha value is -0.190. The number of likely N-dealkylation sites (N-methyl/N-ethyl adjacent to an activating group) is 2. The van der Waals surface area contributed by atoms with E-state index in [2.05, 4.69) is 44.7 Å². The van der Waals surface area contributed by atoms with E-state index >= 15 is 0 Å². The van der Waals surface area contributed by atoms with Gasteiger partial charge in [0.1, 0.15) is 0 Å². The number of thiocarbonyl (C=S) groups is 1. The SMILES string of the molecule is CCC(C(N)=S)N(CC)C(C)CN(C)C. The molecule has 0 aliphatic heterocycles. The lowest BCUT2D eigenvalue weighted by Gasteiger charge is -2.35. The zero-order chi connectivity index (χ0) is 12.0. The minimum Gasteiger partial charge on any atom is -0.392 e. The Kier molecular flexibility index (Phi) is 7.05. The van der Waals surface area contributed by atoms with Crippen molar-refractivity contribution in [3.05, 3.63) is 0 Å². The molecule has 0 bridgehead atoms. The molecule has 2 unspecified atom stereocenters. The summed E-state index contributed by atoms with van der Waals surface area (Å²) in [5.41, 5.74) is 5.77. The molecule has 0 aliphatic rings. The van der Waals surface area contributed by atoms with Gasteiger partial charge in [0.05, 0.1) is 11.0 Å². The standard InChI is InChI=1S/C11H25N3S/c1-6-10(11(12)15)14(7-2)9(3)8-13(4)5/h9-10H,6-8H2,1-5H3,(H2,12,15). The molecule has 3 nitrogen and oxygen atoms in total. The summed E-state index contributed by atoms with van der Waals surface area (Å²) in [5.74, 6) is 0. The van der Waals surface area contributed by atoms with Crippen molar-refractivity contribution in [2.75, 3.05) is 27.2 Å². The van der Waals surface area contributed by atoms with Crippen LogP contribution in [-0.2, 0) is 0 Å². The number of hydrogen-bond donors (Lipinski definition) is 1. The van der Waals surface area contributed by atoms with Crippen molar-refractivity contribution in [2.45, 2.75) is 39.3 Å². The van der Waals surface area contributed by atoms with E-state index in [0.717, 1.165) is 19.5 Å². The minimum absolute atomic E-state index is 0.236. The molecule has 2 atom stereocenters. The number of nitrogens with two attached hydrogens (primary N) is 1. The second-order valence-corrected chi connectivity index (χ2v) is 4.74. The van der Waals surface area contributed by atoms with Gasteiger partial charge in [-0.3, -0.25) is 4.90 Å². The topological polar surface area (TPSA) is 32.5 Å². The summed E-state index contributed by atoms with van der Waals surface area (Å²) in [7, 11) is 4.18. The van der Waals surface area contributed by atoms with Crippen LogP contribution in [-0.4, -0.2) is 54.1 Å². The van der Waals surface area contributed by atoms with E-state index < -0.39 is 0 Å². The minimum atomic E-state index is 0.236. The van der Waals surface area contributed by atoms with Crippen LogP contribution in [0.5, 0.6) is 0 Å². The molecule has 15 heavy (non-hydrogen) atoms. The van der Waals surface area contributed by atoms with E-state index in [4.69, 9.17) is 18.0 Å². The number of nitrogens with zero attached hydrogens (tertiary/aromatic N) is 2. The second-order valence-electron chi connectivity index (χ2n) is 4.27. The van der Waals surface area contributed by atoms with Crippen LogP contribution in [0.4, 0.5) is 0 Å². The molecule has 0 spiro atoms. The first-order valence-corrected chi connectivity index (χ1v) is 6.04. The Morgan fingerprint density at radius 3 is 2.13 bits per heavy atom. The summed E-state index contributed by atoms with van der Waals surface area (Å²) in [5, 5.41) is 0. The Balaban J connectivity index is 4.50. The molecule has 0 aromatic heterocycles. The van der Waals surface area contributed by atoms with Gasteiger partial charge in [-0.2, -0.15) is 0 Å². The Bertz CT molecular complexity index is 194. The van der Waals surface area contributed by atoms with E-state index in [1.807, 2.05) is 0 Å². The van der Waals surface area contributed by atoms with Crippen molar-refractivity contribution in [3.8, 4) is 0 Å². The van der Waals surface area contributed by atoms with Crippen LogP contribution in [0, 0.1) is 0 Å². The highest BCUT2D eigenvalue weighted by atomic mass is 32.1. The predicted octanol–water partition coefficient (Wildman–Crippen LogP) is 1.32. The van der Waals surface area contributed by atoms with Gasteiger partial charge in [-0.25, -0.2) is 0 Å². The van der Waals surface area contributed by atoms with Crippen LogP contribution in [0.25, 0.3) is 0 Å². The quantitative estimate of drug-likeness (QED) is 0.670. The van der Waals surface area contributed by atoms with Gasteiger partial charge in [0.2, 0.25) is 0 Å². The summed E-state index contributed by atoms with van der Waals surface area (Å²) in [6.07, 6.45) is 0.987. The van der Waals surface area contributed by atoms with E-state index in [1.165, 1.54) is 0 Å². The molecule has 0 fully saturated rings. The van der Waals surface area contributed by atoms with Gasteiger partial charge in [0.15, 0.2) is 0 Å². The maximum atomic E-state index is 5.77. The molecule has 2 N–H and O–H groups in total. The molecule has 0 aliphatic carbocycles. The van der Waals surface area contributed by atoms with E-state index in [1.54, 1.807) is 0 Å². The molecule has 0 amide bonds. The summed E-state index contributed by atoms with van der Waals surface area (Å²) >= 11 is 5.11. The average Bonchev–Trinajstić information content (AvgIpc) is 2.11. The fourth-order valence-electron chi connectivity index (χ4n) is 2.07. The van der Waals surface area contributed by atoms with Crippen LogP contribution in [0.15, 0.2) is 0 Å². The van der Waals surface area contributed by atoms with Gasteiger partial charge in [-0.15, -0.1) is 0 Å². The van der Waals surface area contributed by atoms with Crippen molar-refractivity contribution in [1.82, 2.24) is 9.80 Å². The highest BCUT2D eigenvalue weighted by molar-refractivity contribution is 7.80. The zero-order valence-electron chi connectivity index (χ0n) is 10.7. The molecular weight excluding hydrogens is 206 g/mol. The molecular formula is C11H25N3S. The second kappa shape index (κ2) is 7.14. The Labute approximate surface area is 99.6 Å². The van der Waals surface area contributed by atoms with Gasteiger partial charge in [0, 0.05) is 12.6 Å². The Morgan fingerprint density at radius 1 is 1.33 bits per heavy atom. The van der Waals surface area contributed by atoms with Crippen LogP contribution in [0.2, 0.25) is 0 Å². The van der Waals surface area contributed by atoms with Crippen LogP contribution < -0.4 is 5.73 Å². The third-order valence-corrected chi connectivity index (χ3v) is 2.95. The maximum absolute atomic E-state index is 5.77. The third kappa shape index (κ3) is 4.91. The van der Waals surface area contributed by atoms with Crippen LogP contribution >= 0.6 is 12.2 Å². The zero-order valence-corrected chi connectivity index (χ0v) is 11.5. The number of rotatable bonds is 7. The highest BCUT2D eigenvalue weighted by Gasteiger charge is 2.22. The molecule has 0 rings (SSSR count). The van der Waals surface area contributed by atoms with E-state index in [0.29, 0.717) is 11.0 Å². The predicted molar refractivity (Wildman–Crippen MR) is 71.3 cm³/mol. The molecule has 4 heteroatoms. The number of hydrogen-bond acceptors (Lipinski definition) is 3. The van der Waals surface area contributed by atoms with Crippen LogP contribution in [0.1, 0.15) is 27.2 Å². The summed E-state index contributed by atoms with van der Waals surface area (Å²) < 4.78 is 0. The lowest BCUT2D eigenvalue weighted by atomic mass is 10.1. The maximum Gasteiger partial charge on any atom is 0.0902 e. The van der Waals surface area contributed by atoms with Gasteiger partial charge in [-0.05, 0) is 34.0 Å². The first-order chi connectivity index (χ1) is 6.93. The van der Waals surface area contributed by atoms with Gasteiger partial charge >= 0.3 is 0 Å².